The number of aromatic nitrogens is 11. The van der Waals surface area contributed by atoms with E-state index in [1.165, 1.54) is 131 Å². The molecule has 0 atom stereocenters. The molecule has 26 nitrogen and oxygen atoms in total. The number of halogens is 11. The highest BCUT2D eigenvalue weighted by Crippen LogP contribution is 2.37. The number of ketones is 2. The number of carboxylic acids is 1. The van der Waals surface area contributed by atoms with Crippen LogP contribution < -0.4 is 53.7 Å². The molecule has 1 fully saturated rings. The number of Topliss-reactive ketones (excluding diaryl/α,β-unsaturated/α-hetero) is 2. The van der Waals surface area contributed by atoms with Crippen molar-refractivity contribution in [2.75, 3.05) is 17.2 Å². The van der Waals surface area contributed by atoms with Crippen molar-refractivity contribution in [3.8, 4) is 62.3 Å². The Morgan fingerprint density at radius 1 is 0.482 bits per heavy atom. The number of anilines is 3. The van der Waals surface area contributed by atoms with Gasteiger partial charge in [0, 0.05) is 112 Å². The molecule has 1 aliphatic heterocycles. The Morgan fingerprint density at radius 2 is 0.821 bits per heavy atom. The second-order valence-corrected chi connectivity index (χ2v) is 25.3. The second kappa shape index (κ2) is 38.4. The number of carbonyl (C=O) groups excluding carboxylic acids is 2. The molecule has 38 heteroatoms. The minimum Gasteiger partial charge on any atom is -0.476 e. The molecule has 3 aromatic carbocycles. The molecule has 0 aliphatic carbocycles. The van der Waals surface area contributed by atoms with Gasteiger partial charge in [-0.15, -0.1) is 0 Å². The average molecular weight is 1600 g/mol. The van der Waals surface area contributed by atoms with E-state index >= 15 is 0 Å². The third-order valence-electron chi connectivity index (χ3n) is 16.3. The molecule has 0 amide bonds. The van der Waals surface area contributed by atoms with Crippen LogP contribution in [0.15, 0.2) is 174 Å². The Kier molecular flexibility index (Phi) is 29.3. The van der Waals surface area contributed by atoms with E-state index in [0.29, 0.717) is 45.0 Å². The summed E-state index contributed by atoms with van der Waals surface area (Å²) in [5, 5.41) is 8.73. The summed E-state index contributed by atoms with van der Waals surface area (Å²) in [5.74, 6) is -4.40. The van der Waals surface area contributed by atoms with Crippen LogP contribution in [0.2, 0.25) is 10.3 Å². The SMILES string of the molecule is Cn1cc(-c2nc(CCC(=O)c3ncccc3OC(F)F)c(N)nc2-c2ccc(F)cc2)ccc1=O.Cn1cc(B2OC(C)(C)C(C)(C)O2)ccc1=O.NCc1nc(Cl)c(-c2ccc(F)cc2)nc1N.Nc1nc(-c2ccc(F)cc2)c(Cl)nc1CCC(=O)c1ncccc1OC(F)F.O=C(O)c1ncccc1OC(F)F. The van der Waals surface area contributed by atoms with Crippen molar-refractivity contribution in [1.82, 2.24) is 54.0 Å². The number of nitrogen functional groups attached to an aromatic ring is 3. The van der Waals surface area contributed by atoms with Gasteiger partial charge >= 0.3 is 32.9 Å². The number of carbonyl (C=O) groups is 3. The highest BCUT2D eigenvalue weighted by Gasteiger charge is 2.52. The van der Waals surface area contributed by atoms with Crippen LogP contribution in [0.4, 0.5) is 57.0 Å². The van der Waals surface area contributed by atoms with E-state index in [2.05, 4.69) is 59.1 Å². The standard InChI is InChI=1S/C25H20F3N5O3.C19H14ClF3N4O2.C12H18BNO3.C11H10ClFN4.C7H5F2NO3/c1-33-13-15(6-11-20(33)35)22-21(14-4-7-16(26)8-5-14)32-24(29)17(31-22)9-10-18(34)23-19(36-25(27)28)3-2-12-30-23;20-17-15(10-3-5-11(21)6-4-10)27-18(24)12(26-17)7-8-13(28)16-14(29-19(22)23)2-1-9-25-16;1-11(2)12(3,4)17-13(16-11)9-6-7-10(15)14(5)8-9;12-10-9(6-1-3-7(13)4-2-6)17-11(15)8(5-14)16-10;8-7(9)13-4-2-1-3-10-5(4)6(11)12/h2-8,11-13,25H,9-10H2,1H3,(H2,29,32);1-6,9,19H,7-8H2,(H2,24,27);6-8H,1-5H3;1-4H,5,14H2,(H2,15,17);1-3,7H,(H,11,12). The fourth-order valence-corrected chi connectivity index (χ4v) is 10.5. The molecule has 584 valence electrons. The number of nitrogens with zero attached hydrogens (tertiary/aromatic N) is 11. The Labute approximate surface area is 641 Å². The molecule has 112 heavy (non-hydrogen) atoms. The third-order valence-corrected chi connectivity index (χ3v) is 16.8. The minimum atomic E-state index is -3.11. The molecule has 9 N–H and O–H groups in total. The smallest absolute Gasteiger partial charge is 0.476 e. The van der Waals surface area contributed by atoms with Crippen LogP contribution in [0.5, 0.6) is 17.2 Å². The van der Waals surface area contributed by atoms with Gasteiger partial charge in [0.2, 0.25) is 11.1 Å². The number of benzene rings is 3. The van der Waals surface area contributed by atoms with Crippen LogP contribution in [0.1, 0.15) is 89.1 Å². The van der Waals surface area contributed by atoms with Crippen LogP contribution in [0.3, 0.4) is 0 Å². The predicted octanol–water partition coefficient (Wildman–Crippen LogP) is 12.4. The number of hydrogen-bond acceptors (Lipinski definition) is 23. The van der Waals surface area contributed by atoms with E-state index in [4.69, 9.17) is 60.6 Å². The summed E-state index contributed by atoms with van der Waals surface area (Å²) >= 11 is 12.1. The Hall–Kier alpha value is -12.2. The van der Waals surface area contributed by atoms with Gasteiger partial charge in [-0.3, -0.25) is 19.2 Å². The molecular formula is C74H67BCl2F9N15O11. The first-order chi connectivity index (χ1) is 53.0. The highest BCUT2D eigenvalue weighted by atomic mass is 35.5. The molecule has 0 saturated carbocycles. The summed E-state index contributed by atoms with van der Waals surface area (Å²) < 4.78 is 140. The lowest BCUT2D eigenvalue weighted by Gasteiger charge is -2.32. The van der Waals surface area contributed by atoms with Gasteiger partial charge in [-0.25, -0.2) is 62.8 Å². The summed E-state index contributed by atoms with van der Waals surface area (Å²) in [7, 11) is 2.89. The summed E-state index contributed by atoms with van der Waals surface area (Å²) in [6, 6.07) is 30.7. The molecule has 0 bridgehead atoms. The first kappa shape index (κ1) is 85.4. The fourth-order valence-electron chi connectivity index (χ4n) is 10.0. The topological polar surface area (TPSA) is 382 Å². The zero-order valence-corrected chi connectivity index (χ0v) is 61.4. The van der Waals surface area contributed by atoms with E-state index in [-0.39, 0.29) is 128 Å². The molecule has 8 aromatic heterocycles. The molecule has 9 heterocycles. The number of aryl methyl sites for hydroxylation is 4. The number of hydrogen-bond donors (Lipinski definition) is 5. The first-order valence-corrected chi connectivity index (χ1v) is 33.7. The van der Waals surface area contributed by atoms with Gasteiger partial charge in [-0.1, -0.05) is 29.3 Å². The lowest BCUT2D eigenvalue weighted by atomic mass is 9.80. The fraction of sp³-hybridized carbons (Fsp3) is 0.216. The van der Waals surface area contributed by atoms with Gasteiger partial charge in [-0.05, 0) is 148 Å². The monoisotopic (exact) mass is 1590 g/mol. The van der Waals surface area contributed by atoms with Gasteiger partial charge < -0.3 is 60.7 Å². The molecule has 1 aliphatic rings. The maximum absolute atomic E-state index is 13.5. The maximum Gasteiger partial charge on any atom is 0.496 e. The van der Waals surface area contributed by atoms with Gasteiger partial charge in [-0.2, -0.15) is 26.3 Å². The summed E-state index contributed by atoms with van der Waals surface area (Å²) in [4.78, 5) is 95.4. The quantitative estimate of drug-likeness (QED) is 0.0253. The van der Waals surface area contributed by atoms with Crippen LogP contribution in [-0.4, -0.2) is 115 Å². The van der Waals surface area contributed by atoms with E-state index in [1.807, 2.05) is 27.7 Å². The van der Waals surface area contributed by atoms with Crippen molar-refractivity contribution in [3.05, 3.63) is 247 Å². The summed E-state index contributed by atoms with van der Waals surface area (Å²) in [6.45, 7) is -1.03. The first-order valence-electron chi connectivity index (χ1n) is 33.0. The van der Waals surface area contributed by atoms with E-state index in [1.54, 1.807) is 50.8 Å². The zero-order valence-electron chi connectivity index (χ0n) is 59.8. The Balaban J connectivity index is 0.000000185. The number of ether oxygens (including phenoxy) is 3. The maximum atomic E-state index is 13.5. The molecule has 0 spiro atoms. The number of aromatic carboxylic acids is 1. The normalized spacial score (nSPS) is 12.5. The number of rotatable bonds is 21. The second-order valence-electron chi connectivity index (χ2n) is 24.6. The number of nitrogens with two attached hydrogens (primary N) is 4. The van der Waals surface area contributed by atoms with Crippen LogP contribution in [-0.2, 0) is 42.8 Å². The van der Waals surface area contributed by atoms with Crippen LogP contribution in [0.25, 0.3) is 45.0 Å². The van der Waals surface area contributed by atoms with E-state index in [9.17, 15) is 63.5 Å². The molecule has 0 radical (unpaired) electrons. The van der Waals surface area contributed by atoms with E-state index in [0.717, 1.165) is 11.5 Å². The van der Waals surface area contributed by atoms with Crippen molar-refractivity contribution in [3.63, 3.8) is 0 Å². The molecule has 1 saturated heterocycles. The number of carboxylic acid groups (broad SMARTS) is 1. The van der Waals surface area contributed by atoms with Crippen molar-refractivity contribution in [2.24, 2.45) is 19.8 Å². The van der Waals surface area contributed by atoms with Crippen LogP contribution >= 0.6 is 23.2 Å². The lowest BCUT2D eigenvalue weighted by Crippen LogP contribution is -2.41. The third kappa shape index (κ3) is 22.9. The van der Waals surface area contributed by atoms with E-state index < -0.39 is 67.6 Å². The molecule has 11 aromatic rings. The van der Waals surface area contributed by atoms with Gasteiger partial charge in [0.15, 0.2) is 44.8 Å². The lowest BCUT2D eigenvalue weighted by molar-refractivity contribution is -0.0513. The van der Waals surface area contributed by atoms with Crippen molar-refractivity contribution in [1.29, 1.82) is 0 Å². The molecule has 12 rings (SSSR count). The number of pyridine rings is 5. The average Bonchev–Trinajstić information content (AvgIpc) is 1.65. The van der Waals surface area contributed by atoms with Crippen molar-refractivity contribution >= 4 is 70.8 Å². The minimum absolute atomic E-state index is 0.0326. The van der Waals surface area contributed by atoms with Gasteiger partial charge in [0.05, 0.1) is 39.7 Å². The van der Waals surface area contributed by atoms with Crippen molar-refractivity contribution in [2.45, 2.75) is 91.0 Å². The highest BCUT2D eigenvalue weighted by molar-refractivity contribution is 6.62. The molecular weight excluding hydrogens is 1530 g/mol. The molecule has 0 unspecified atom stereocenters. The Morgan fingerprint density at radius 3 is 1.21 bits per heavy atom. The summed E-state index contributed by atoms with van der Waals surface area (Å²) in [5.41, 5.74) is 26.8. The predicted molar refractivity (Wildman–Crippen MR) is 396 cm³/mol. The zero-order chi connectivity index (χ0) is 81.9. The Bertz CT molecular complexity index is 5260. The van der Waals surface area contributed by atoms with Gasteiger partial charge in [0.25, 0.3) is 0 Å². The van der Waals surface area contributed by atoms with Crippen LogP contribution in [0, 0.1) is 17.5 Å². The van der Waals surface area contributed by atoms with Crippen molar-refractivity contribution < 1.29 is 82.5 Å². The van der Waals surface area contributed by atoms with Gasteiger partial charge in [0.1, 0.15) is 57.7 Å². The number of alkyl halides is 6. The largest absolute Gasteiger partial charge is 0.496 e. The summed E-state index contributed by atoms with van der Waals surface area (Å²) in [6.07, 6.45) is 6.93.